The second-order valence-electron chi connectivity index (χ2n) is 4.11. The molecule has 2 rings (SSSR count). The third-order valence-corrected chi connectivity index (χ3v) is 4.10. The van der Waals surface area contributed by atoms with Gasteiger partial charge in [0.25, 0.3) is 5.22 Å². The molecule has 0 fully saturated rings. The zero-order valence-corrected chi connectivity index (χ0v) is 13.8. The fraction of sp³-hybridized carbons (Fsp3) is 0.385. The van der Waals surface area contributed by atoms with Crippen LogP contribution < -0.4 is 5.32 Å². The Bertz CT molecular complexity index is 562. The summed E-state index contributed by atoms with van der Waals surface area (Å²) in [5, 5.41) is 11.6. The van der Waals surface area contributed by atoms with Gasteiger partial charge in [-0.1, -0.05) is 22.0 Å². The molecule has 0 amide bonds. The van der Waals surface area contributed by atoms with E-state index in [0.29, 0.717) is 17.7 Å². The molecule has 1 heterocycles. The number of hydrogen-bond donors (Lipinski definition) is 1. The van der Waals surface area contributed by atoms with Gasteiger partial charge in [0.2, 0.25) is 5.89 Å². The maximum Gasteiger partial charge on any atom is 0.281 e. The number of halogens is 1. The summed E-state index contributed by atoms with van der Waals surface area (Å²) in [6, 6.07) is 6.18. The predicted octanol–water partition coefficient (Wildman–Crippen LogP) is 3.03. The molecule has 0 aliphatic heterocycles. The molecule has 1 aromatic carbocycles. The first-order chi connectivity index (χ1) is 9.69. The van der Waals surface area contributed by atoms with E-state index in [1.54, 1.807) is 14.0 Å². The zero-order chi connectivity index (χ0) is 14.4. The SMILES string of the molecule is COCCNCc1ccc(Sc2nnc(C)o2)cc1Br. The van der Waals surface area contributed by atoms with Crippen LogP contribution in [0.3, 0.4) is 0 Å². The quantitative estimate of drug-likeness (QED) is 0.768. The number of methoxy groups -OCH3 is 1. The first kappa shape index (κ1) is 15.5. The van der Waals surface area contributed by atoms with Gasteiger partial charge in [-0.25, -0.2) is 0 Å². The van der Waals surface area contributed by atoms with E-state index in [0.717, 1.165) is 22.5 Å². The highest BCUT2D eigenvalue weighted by Crippen LogP contribution is 2.30. The molecule has 0 spiro atoms. The normalized spacial score (nSPS) is 10.9. The van der Waals surface area contributed by atoms with Crippen molar-refractivity contribution in [1.29, 1.82) is 0 Å². The highest BCUT2D eigenvalue weighted by molar-refractivity contribution is 9.10. The van der Waals surface area contributed by atoms with Gasteiger partial charge in [-0.15, -0.1) is 10.2 Å². The molecule has 0 aliphatic carbocycles. The molecule has 0 bridgehead atoms. The number of rotatable bonds is 7. The molecule has 20 heavy (non-hydrogen) atoms. The molecule has 7 heteroatoms. The van der Waals surface area contributed by atoms with Crippen molar-refractivity contribution in [3.05, 3.63) is 34.1 Å². The summed E-state index contributed by atoms with van der Waals surface area (Å²) < 4.78 is 11.4. The summed E-state index contributed by atoms with van der Waals surface area (Å²) in [7, 11) is 1.70. The van der Waals surface area contributed by atoms with Crippen molar-refractivity contribution >= 4 is 27.7 Å². The van der Waals surface area contributed by atoms with E-state index in [1.165, 1.54) is 17.3 Å². The first-order valence-corrected chi connectivity index (χ1v) is 7.76. The van der Waals surface area contributed by atoms with E-state index in [4.69, 9.17) is 9.15 Å². The van der Waals surface area contributed by atoms with E-state index >= 15 is 0 Å². The highest BCUT2D eigenvalue weighted by atomic mass is 79.9. The average Bonchev–Trinajstić information content (AvgIpc) is 2.82. The molecule has 5 nitrogen and oxygen atoms in total. The van der Waals surface area contributed by atoms with Crippen molar-refractivity contribution in [2.45, 2.75) is 23.6 Å². The van der Waals surface area contributed by atoms with Gasteiger partial charge in [-0.3, -0.25) is 0 Å². The van der Waals surface area contributed by atoms with Crippen LogP contribution in [-0.4, -0.2) is 30.5 Å². The van der Waals surface area contributed by atoms with Gasteiger partial charge in [0.15, 0.2) is 0 Å². The van der Waals surface area contributed by atoms with Crippen LogP contribution >= 0.6 is 27.7 Å². The monoisotopic (exact) mass is 357 g/mol. The number of nitrogens with zero attached hydrogens (tertiary/aromatic N) is 2. The van der Waals surface area contributed by atoms with Crippen molar-refractivity contribution in [2.75, 3.05) is 20.3 Å². The summed E-state index contributed by atoms with van der Waals surface area (Å²) in [6.45, 7) is 4.12. The third kappa shape index (κ3) is 4.59. The number of nitrogens with one attached hydrogen (secondary N) is 1. The van der Waals surface area contributed by atoms with Crippen LogP contribution in [0.15, 0.2) is 37.2 Å². The Morgan fingerprint density at radius 3 is 2.90 bits per heavy atom. The molecule has 0 aliphatic rings. The summed E-state index contributed by atoms with van der Waals surface area (Å²) in [6.07, 6.45) is 0. The first-order valence-electron chi connectivity index (χ1n) is 6.15. The Balaban J connectivity index is 1.94. The smallest absolute Gasteiger partial charge is 0.281 e. The minimum absolute atomic E-state index is 0.556. The van der Waals surface area contributed by atoms with Gasteiger partial charge < -0.3 is 14.5 Å². The lowest BCUT2D eigenvalue weighted by atomic mass is 10.2. The molecule has 1 N–H and O–H groups in total. The second-order valence-corrected chi connectivity index (χ2v) is 5.99. The molecule has 0 saturated heterocycles. The lowest BCUT2D eigenvalue weighted by Crippen LogP contribution is -2.18. The molecular weight excluding hydrogens is 342 g/mol. The molecular formula is C13H16BrN3O2S. The van der Waals surface area contributed by atoms with E-state index in [2.05, 4.69) is 43.6 Å². The minimum atomic E-state index is 0.556. The van der Waals surface area contributed by atoms with Crippen molar-refractivity contribution in [3.8, 4) is 0 Å². The number of hydrogen-bond acceptors (Lipinski definition) is 6. The van der Waals surface area contributed by atoms with Crippen LogP contribution in [0.5, 0.6) is 0 Å². The van der Waals surface area contributed by atoms with Crippen LogP contribution in [0.4, 0.5) is 0 Å². The molecule has 108 valence electrons. The summed E-state index contributed by atoms with van der Waals surface area (Å²) in [5.74, 6) is 0.575. The van der Waals surface area contributed by atoms with Gasteiger partial charge in [-0.2, -0.15) is 0 Å². The molecule has 0 radical (unpaired) electrons. The van der Waals surface area contributed by atoms with E-state index in [1.807, 2.05) is 6.07 Å². The zero-order valence-electron chi connectivity index (χ0n) is 11.4. The van der Waals surface area contributed by atoms with Crippen LogP contribution in [-0.2, 0) is 11.3 Å². The number of benzene rings is 1. The summed E-state index contributed by atoms with van der Waals surface area (Å²) >= 11 is 5.04. The van der Waals surface area contributed by atoms with Crippen molar-refractivity contribution in [1.82, 2.24) is 15.5 Å². The Morgan fingerprint density at radius 1 is 1.40 bits per heavy atom. The topological polar surface area (TPSA) is 60.2 Å². The van der Waals surface area contributed by atoms with E-state index in [-0.39, 0.29) is 0 Å². The van der Waals surface area contributed by atoms with Gasteiger partial charge in [0.1, 0.15) is 0 Å². The number of aryl methyl sites for hydroxylation is 1. The highest BCUT2D eigenvalue weighted by Gasteiger charge is 2.07. The largest absolute Gasteiger partial charge is 0.416 e. The van der Waals surface area contributed by atoms with Crippen LogP contribution in [0, 0.1) is 6.92 Å². The van der Waals surface area contributed by atoms with Crippen molar-refractivity contribution in [2.24, 2.45) is 0 Å². The maximum absolute atomic E-state index is 5.35. The summed E-state index contributed by atoms with van der Waals surface area (Å²) in [4.78, 5) is 1.06. The van der Waals surface area contributed by atoms with Gasteiger partial charge in [0.05, 0.1) is 6.61 Å². The maximum atomic E-state index is 5.35. The van der Waals surface area contributed by atoms with Crippen LogP contribution in [0.1, 0.15) is 11.5 Å². The van der Waals surface area contributed by atoms with E-state index in [9.17, 15) is 0 Å². The molecule has 1 aromatic heterocycles. The molecule has 0 atom stereocenters. The van der Waals surface area contributed by atoms with Gasteiger partial charge in [0, 0.05) is 36.5 Å². The Labute approximate surface area is 130 Å². The third-order valence-electron chi connectivity index (χ3n) is 2.54. The van der Waals surface area contributed by atoms with E-state index < -0.39 is 0 Å². The van der Waals surface area contributed by atoms with Gasteiger partial charge in [-0.05, 0) is 29.5 Å². The Hall–Kier alpha value is -0.890. The lowest BCUT2D eigenvalue weighted by molar-refractivity contribution is 0.199. The Morgan fingerprint density at radius 2 is 2.25 bits per heavy atom. The average molecular weight is 358 g/mol. The van der Waals surface area contributed by atoms with Crippen molar-refractivity contribution < 1.29 is 9.15 Å². The van der Waals surface area contributed by atoms with Crippen molar-refractivity contribution in [3.63, 3.8) is 0 Å². The standard InChI is InChI=1S/C13H16BrN3O2S/c1-9-16-17-13(19-9)20-11-4-3-10(12(14)7-11)8-15-5-6-18-2/h3-4,7,15H,5-6,8H2,1-2H3. The lowest BCUT2D eigenvalue weighted by Gasteiger charge is -2.07. The number of aromatic nitrogens is 2. The van der Waals surface area contributed by atoms with Gasteiger partial charge >= 0.3 is 0 Å². The summed E-state index contributed by atoms with van der Waals surface area (Å²) in [5.41, 5.74) is 1.20. The fourth-order valence-electron chi connectivity index (χ4n) is 1.55. The molecule has 0 unspecified atom stereocenters. The Kier molecular flexibility index (Phi) is 6.03. The number of ether oxygens (including phenoxy) is 1. The molecule has 2 aromatic rings. The fourth-order valence-corrected chi connectivity index (χ4v) is 2.98. The predicted molar refractivity (Wildman–Crippen MR) is 80.9 cm³/mol. The molecule has 0 saturated carbocycles. The minimum Gasteiger partial charge on any atom is -0.416 e. The van der Waals surface area contributed by atoms with Crippen LogP contribution in [0.2, 0.25) is 0 Å². The second kappa shape index (κ2) is 7.78. The van der Waals surface area contributed by atoms with Crippen LogP contribution in [0.25, 0.3) is 0 Å².